The highest BCUT2D eigenvalue weighted by Gasteiger charge is 2.31. The summed E-state index contributed by atoms with van der Waals surface area (Å²) in [5, 5.41) is 0. The Hall–Kier alpha value is -3.58. The van der Waals surface area contributed by atoms with Crippen molar-refractivity contribution in [3.05, 3.63) is 78.1 Å². The molecule has 2 aromatic carbocycles. The highest BCUT2D eigenvalue weighted by Crippen LogP contribution is 2.35. The van der Waals surface area contributed by atoms with Gasteiger partial charge in [-0.3, -0.25) is 14.7 Å². The van der Waals surface area contributed by atoms with E-state index in [9.17, 15) is 4.79 Å². The fourth-order valence-electron chi connectivity index (χ4n) is 4.50. The van der Waals surface area contributed by atoms with Crippen molar-refractivity contribution in [3.8, 4) is 17.2 Å². The molecule has 34 heavy (non-hydrogen) atoms. The molecule has 0 atom stereocenters. The van der Waals surface area contributed by atoms with Crippen LogP contribution in [0.1, 0.15) is 28.8 Å². The summed E-state index contributed by atoms with van der Waals surface area (Å²) in [6.45, 7) is 2.68. The van der Waals surface area contributed by atoms with Gasteiger partial charge in [0.05, 0.1) is 26.9 Å². The summed E-state index contributed by atoms with van der Waals surface area (Å²) in [7, 11) is 4.80. The topological polar surface area (TPSA) is 64.1 Å². The number of methoxy groups -OCH3 is 3. The minimum atomic E-state index is -0.0859. The third-order valence-electron chi connectivity index (χ3n) is 6.28. The number of carbonyl (C=O) groups excluding carboxylic acids is 1. The monoisotopic (exact) mass is 461 g/mol. The molecule has 4 rings (SSSR count). The molecular formula is C27H31N3O4. The molecule has 1 aliphatic rings. The molecule has 0 radical (unpaired) electrons. The van der Waals surface area contributed by atoms with Crippen molar-refractivity contribution in [1.82, 2.24) is 9.88 Å². The largest absolute Gasteiger partial charge is 0.496 e. The van der Waals surface area contributed by atoms with Crippen LogP contribution in [0.4, 0.5) is 5.69 Å². The normalized spacial score (nSPS) is 14.4. The van der Waals surface area contributed by atoms with E-state index in [0.717, 1.165) is 38.2 Å². The summed E-state index contributed by atoms with van der Waals surface area (Å²) in [5.74, 6) is 1.70. The van der Waals surface area contributed by atoms with Crippen LogP contribution in [0, 0.1) is 0 Å². The number of aromatic nitrogens is 1. The van der Waals surface area contributed by atoms with Gasteiger partial charge in [0, 0.05) is 49.8 Å². The number of benzene rings is 2. The number of rotatable bonds is 8. The predicted octanol–water partition coefficient (Wildman–Crippen LogP) is 4.42. The van der Waals surface area contributed by atoms with E-state index in [2.05, 4.69) is 9.88 Å². The second-order valence-corrected chi connectivity index (χ2v) is 8.28. The summed E-state index contributed by atoms with van der Waals surface area (Å²) in [6.07, 6.45) is 5.38. The van der Waals surface area contributed by atoms with E-state index in [1.807, 2.05) is 71.9 Å². The Morgan fingerprint density at radius 1 is 0.912 bits per heavy atom. The van der Waals surface area contributed by atoms with Gasteiger partial charge >= 0.3 is 0 Å². The van der Waals surface area contributed by atoms with Gasteiger partial charge in [-0.15, -0.1) is 0 Å². The zero-order chi connectivity index (χ0) is 23.9. The summed E-state index contributed by atoms with van der Waals surface area (Å²) in [5.41, 5.74) is 2.57. The molecule has 0 aliphatic carbocycles. The number of ether oxygens (including phenoxy) is 3. The number of nitrogens with zero attached hydrogens (tertiary/aromatic N) is 3. The summed E-state index contributed by atoms with van der Waals surface area (Å²) in [4.78, 5) is 22.3. The summed E-state index contributed by atoms with van der Waals surface area (Å²) >= 11 is 0. The fraction of sp³-hybridized carbons (Fsp3) is 0.333. The molecule has 1 saturated heterocycles. The number of likely N-dealkylation sites (tertiary alicyclic amines) is 1. The Labute approximate surface area is 200 Å². The Morgan fingerprint density at radius 3 is 2.26 bits per heavy atom. The van der Waals surface area contributed by atoms with E-state index in [0.29, 0.717) is 22.8 Å². The average Bonchev–Trinajstić information content (AvgIpc) is 2.90. The lowest BCUT2D eigenvalue weighted by Gasteiger charge is -2.39. The maximum Gasteiger partial charge on any atom is 0.262 e. The maximum atomic E-state index is 13.9. The van der Waals surface area contributed by atoms with E-state index >= 15 is 0 Å². The molecule has 2 heterocycles. The van der Waals surface area contributed by atoms with Crippen molar-refractivity contribution in [1.29, 1.82) is 0 Å². The number of hydrogen-bond acceptors (Lipinski definition) is 6. The number of hydrogen-bond donors (Lipinski definition) is 0. The van der Waals surface area contributed by atoms with Crippen molar-refractivity contribution < 1.29 is 19.0 Å². The van der Waals surface area contributed by atoms with E-state index in [4.69, 9.17) is 14.2 Å². The molecule has 1 aromatic heterocycles. The first-order valence-corrected chi connectivity index (χ1v) is 11.4. The molecule has 0 saturated carbocycles. The van der Waals surface area contributed by atoms with Gasteiger partial charge in [-0.2, -0.15) is 0 Å². The molecule has 1 fully saturated rings. The quantitative estimate of drug-likeness (QED) is 0.495. The van der Waals surface area contributed by atoms with E-state index < -0.39 is 0 Å². The first kappa shape index (κ1) is 23.6. The Kier molecular flexibility index (Phi) is 7.65. The zero-order valence-corrected chi connectivity index (χ0v) is 19.9. The minimum Gasteiger partial charge on any atom is -0.496 e. The molecule has 0 spiro atoms. The van der Waals surface area contributed by atoms with Crippen LogP contribution < -0.4 is 19.1 Å². The Morgan fingerprint density at radius 2 is 1.59 bits per heavy atom. The van der Waals surface area contributed by atoms with E-state index in [1.165, 1.54) is 5.56 Å². The molecule has 1 amide bonds. The highest BCUT2D eigenvalue weighted by atomic mass is 16.5. The van der Waals surface area contributed by atoms with Gasteiger partial charge in [0.1, 0.15) is 5.75 Å². The van der Waals surface area contributed by atoms with Crippen molar-refractivity contribution in [2.45, 2.75) is 25.4 Å². The summed E-state index contributed by atoms with van der Waals surface area (Å²) in [6, 6.07) is 17.1. The van der Waals surface area contributed by atoms with Crippen LogP contribution in [0.5, 0.6) is 17.2 Å². The van der Waals surface area contributed by atoms with Gasteiger partial charge in [-0.25, -0.2) is 0 Å². The van der Waals surface area contributed by atoms with Crippen LogP contribution in [0.2, 0.25) is 0 Å². The second-order valence-electron chi connectivity index (χ2n) is 8.28. The maximum absolute atomic E-state index is 13.9. The number of amides is 1. The zero-order valence-electron chi connectivity index (χ0n) is 19.9. The van der Waals surface area contributed by atoms with Gasteiger partial charge in [0.2, 0.25) is 0 Å². The first-order chi connectivity index (χ1) is 16.6. The molecule has 0 bridgehead atoms. The van der Waals surface area contributed by atoms with Gasteiger partial charge in [-0.1, -0.05) is 12.1 Å². The van der Waals surface area contributed by atoms with Crippen LogP contribution >= 0.6 is 0 Å². The van der Waals surface area contributed by atoms with Crippen molar-refractivity contribution in [2.75, 3.05) is 39.3 Å². The van der Waals surface area contributed by atoms with Crippen molar-refractivity contribution >= 4 is 11.6 Å². The molecule has 0 N–H and O–H groups in total. The predicted molar refractivity (Wildman–Crippen MR) is 132 cm³/mol. The molecule has 7 nitrogen and oxygen atoms in total. The SMILES string of the molecule is COc1ccc(N(C(=O)c2ccccc2OC)C2CCN(Cc3ccncc3)CC2)cc1OC. The standard InChI is InChI=1S/C27H31N3O4/c1-32-24-7-5-4-6-23(24)27(31)30(22-8-9-25(33-2)26(18-22)34-3)21-12-16-29(17-13-21)19-20-10-14-28-15-11-20/h4-11,14-15,18,21H,12-13,16-17,19H2,1-3H3. The molecule has 178 valence electrons. The van der Waals surface area contributed by atoms with Crippen LogP contribution in [0.15, 0.2) is 67.0 Å². The lowest BCUT2D eigenvalue weighted by molar-refractivity contribution is 0.0955. The Balaban J connectivity index is 1.61. The third kappa shape index (κ3) is 5.15. The molecule has 1 aliphatic heterocycles. The molecule has 3 aromatic rings. The minimum absolute atomic E-state index is 0.0456. The van der Waals surface area contributed by atoms with Crippen molar-refractivity contribution in [2.24, 2.45) is 0 Å². The van der Waals surface area contributed by atoms with Crippen LogP contribution in [0.25, 0.3) is 0 Å². The third-order valence-corrected chi connectivity index (χ3v) is 6.28. The van der Waals surface area contributed by atoms with Crippen molar-refractivity contribution in [3.63, 3.8) is 0 Å². The fourth-order valence-corrected chi connectivity index (χ4v) is 4.50. The Bertz CT molecular complexity index is 1100. The van der Waals surface area contributed by atoms with E-state index in [-0.39, 0.29) is 11.9 Å². The molecular weight excluding hydrogens is 430 g/mol. The number of carbonyl (C=O) groups is 1. The highest BCUT2D eigenvalue weighted by molar-refractivity contribution is 6.08. The van der Waals surface area contributed by atoms with Gasteiger partial charge in [0.15, 0.2) is 11.5 Å². The van der Waals surface area contributed by atoms with Gasteiger partial charge < -0.3 is 19.1 Å². The molecule has 0 unspecified atom stereocenters. The molecule has 7 heteroatoms. The first-order valence-electron chi connectivity index (χ1n) is 11.4. The van der Waals surface area contributed by atoms with E-state index in [1.54, 1.807) is 21.3 Å². The number of piperidine rings is 1. The van der Waals surface area contributed by atoms with Gasteiger partial charge in [-0.05, 0) is 54.8 Å². The van der Waals surface area contributed by atoms with Crippen LogP contribution in [-0.4, -0.2) is 56.3 Å². The number of pyridine rings is 1. The smallest absolute Gasteiger partial charge is 0.262 e. The second kappa shape index (κ2) is 11.0. The lowest BCUT2D eigenvalue weighted by Crippen LogP contribution is -2.47. The lowest BCUT2D eigenvalue weighted by atomic mass is 10.00. The van der Waals surface area contributed by atoms with Gasteiger partial charge in [0.25, 0.3) is 5.91 Å². The number of para-hydroxylation sites is 1. The van der Waals surface area contributed by atoms with Crippen LogP contribution in [0.3, 0.4) is 0 Å². The summed E-state index contributed by atoms with van der Waals surface area (Å²) < 4.78 is 16.4. The van der Waals surface area contributed by atoms with Crippen LogP contribution in [-0.2, 0) is 6.54 Å². The number of anilines is 1. The average molecular weight is 462 g/mol.